The third kappa shape index (κ3) is 5.08. The molecule has 3 rings (SSSR count). The van der Waals surface area contributed by atoms with E-state index >= 15 is 0 Å². The van der Waals surface area contributed by atoms with Gasteiger partial charge in [-0.05, 0) is 36.8 Å². The highest BCUT2D eigenvalue weighted by molar-refractivity contribution is 5.94. The van der Waals surface area contributed by atoms with E-state index < -0.39 is 0 Å². The molecule has 144 valence electrons. The van der Waals surface area contributed by atoms with Gasteiger partial charge in [-0.2, -0.15) is 0 Å². The van der Waals surface area contributed by atoms with Gasteiger partial charge in [0, 0.05) is 45.0 Å². The normalized spacial score (nSPS) is 16.0. The summed E-state index contributed by atoms with van der Waals surface area (Å²) in [6.45, 7) is 5.82. The number of ether oxygens (including phenoxy) is 1. The SMILES string of the molecule is Cc1ccc(C(=O)NCC(c2ccc(N(C)C)cc2)N2CCOCC2)cc1. The maximum atomic E-state index is 12.6. The number of benzene rings is 2. The van der Waals surface area contributed by atoms with Gasteiger partial charge in [-0.15, -0.1) is 0 Å². The topological polar surface area (TPSA) is 44.8 Å². The molecule has 2 aromatic carbocycles. The molecule has 0 saturated carbocycles. The Balaban J connectivity index is 1.73. The van der Waals surface area contributed by atoms with Crippen LogP contribution in [0.1, 0.15) is 27.5 Å². The van der Waals surface area contributed by atoms with Gasteiger partial charge in [-0.25, -0.2) is 0 Å². The third-order valence-corrected chi connectivity index (χ3v) is 5.05. The standard InChI is InChI=1S/C22H29N3O2/c1-17-4-6-19(7-5-17)22(26)23-16-21(25-12-14-27-15-13-25)18-8-10-20(11-9-18)24(2)3/h4-11,21H,12-16H2,1-3H3,(H,23,26). The predicted octanol–water partition coefficient (Wildman–Crippen LogP) is 2.86. The molecule has 0 bridgehead atoms. The Morgan fingerprint density at radius 2 is 1.70 bits per heavy atom. The number of hydrogen-bond acceptors (Lipinski definition) is 4. The number of carbonyl (C=O) groups is 1. The molecular formula is C22H29N3O2. The first-order valence-electron chi connectivity index (χ1n) is 9.48. The molecular weight excluding hydrogens is 338 g/mol. The van der Waals surface area contributed by atoms with Crippen LogP contribution in [0, 0.1) is 6.92 Å². The van der Waals surface area contributed by atoms with Crippen LogP contribution in [-0.2, 0) is 4.74 Å². The molecule has 5 heteroatoms. The second-order valence-corrected chi connectivity index (χ2v) is 7.23. The molecule has 1 amide bonds. The van der Waals surface area contributed by atoms with Crippen molar-refractivity contribution in [3.63, 3.8) is 0 Å². The number of hydrogen-bond donors (Lipinski definition) is 1. The van der Waals surface area contributed by atoms with Crippen molar-refractivity contribution in [3.05, 3.63) is 65.2 Å². The number of nitrogens with one attached hydrogen (secondary N) is 1. The molecule has 0 radical (unpaired) electrons. The van der Waals surface area contributed by atoms with E-state index in [0.717, 1.165) is 31.9 Å². The summed E-state index contributed by atoms with van der Waals surface area (Å²) in [7, 11) is 4.08. The lowest BCUT2D eigenvalue weighted by Gasteiger charge is -2.35. The van der Waals surface area contributed by atoms with E-state index in [4.69, 9.17) is 4.74 Å². The van der Waals surface area contributed by atoms with Gasteiger partial charge < -0.3 is 15.0 Å². The zero-order chi connectivity index (χ0) is 19.2. The second-order valence-electron chi connectivity index (χ2n) is 7.23. The summed E-state index contributed by atoms with van der Waals surface area (Å²) >= 11 is 0. The van der Waals surface area contributed by atoms with Crippen LogP contribution in [-0.4, -0.2) is 57.8 Å². The van der Waals surface area contributed by atoms with Crippen molar-refractivity contribution in [1.82, 2.24) is 10.2 Å². The van der Waals surface area contributed by atoms with Crippen molar-refractivity contribution in [3.8, 4) is 0 Å². The fourth-order valence-electron chi connectivity index (χ4n) is 3.34. The molecule has 1 unspecified atom stereocenters. The van der Waals surface area contributed by atoms with Gasteiger partial charge in [0.15, 0.2) is 0 Å². The summed E-state index contributed by atoms with van der Waals surface area (Å²) in [5.41, 5.74) is 4.23. The van der Waals surface area contributed by atoms with Crippen LogP contribution in [0.4, 0.5) is 5.69 Å². The van der Waals surface area contributed by atoms with E-state index in [1.54, 1.807) is 0 Å². The summed E-state index contributed by atoms with van der Waals surface area (Å²) < 4.78 is 5.51. The number of anilines is 1. The van der Waals surface area contributed by atoms with Crippen molar-refractivity contribution in [2.45, 2.75) is 13.0 Å². The lowest BCUT2D eigenvalue weighted by molar-refractivity contribution is 0.0162. The maximum absolute atomic E-state index is 12.6. The Bertz CT molecular complexity index is 735. The average molecular weight is 367 g/mol. The molecule has 1 atom stereocenters. The molecule has 0 spiro atoms. The number of carbonyl (C=O) groups excluding carboxylic acids is 1. The van der Waals surface area contributed by atoms with Crippen molar-refractivity contribution >= 4 is 11.6 Å². The van der Waals surface area contributed by atoms with E-state index in [0.29, 0.717) is 12.1 Å². The molecule has 1 saturated heterocycles. The molecule has 1 aliphatic rings. The summed E-state index contributed by atoms with van der Waals surface area (Å²) in [4.78, 5) is 17.0. The lowest BCUT2D eigenvalue weighted by atomic mass is 10.0. The largest absolute Gasteiger partial charge is 0.379 e. The number of nitrogens with zero attached hydrogens (tertiary/aromatic N) is 2. The Kier molecular flexibility index (Phi) is 6.48. The number of rotatable bonds is 6. The van der Waals surface area contributed by atoms with Crippen LogP contribution in [0.3, 0.4) is 0 Å². The van der Waals surface area contributed by atoms with Crippen molar-refractivity contribution in [2.24, 2.45) is 0 Å². The van der Waals surface area contributed by atoms with E-state index in [1.165, 1.54) is 11.3 Å². The van der Waals surface area contributed by atoms with Crippen LogP contribution >= 0.6 is 0 Å². The maximum Gasteiger partial charge on any atom is 0.251 e. The van der Waals surface area contributed by atoms with Crippen molar-refractivity contribution in [1.29, 1.82) is 0 Å². The minimum atomic E-state index is -0.0295. The first-order chi connectivity index (χ1) is 13.0. The fraction of sp³-hybridized carbons (Fsp3) is 0.409. The van der Waals surface area contributed by atoms with E-state index in [9.17, 15) is 4.79 Å². The number of aryl methyl sites for hydroxylation is 1. The highest BCUT2D eigenvalue weighted by Gasteiger charge is 2.23. The summed E-state index contributed by atoms with van der Waals surface area (Å²) in [5.74, 6) is -0.0295. The quantitative estimate of drug-likeness (QED) is 0.853. The van der Waals surface area contributed by atoms with Crippen LogP contribution < -0.4 is 10.2 Å². The molecule has 27 heavy (non-hydrogen) atoms. The monoisotopic (exact) mass is 367 g/mol. The van der Waals surface area contributed by atoms with Gasteiger partial charge in [0.1, 0.15) is 0 Å². The second kappa shape index (κ2) is 9.02. The minimum absolute atomic E-state index is 0.0295. The van der Waals surface area contributed by atoms with Crippen LogP contribution in [0.5, 0.6) is 0 Å². The zero-order valence-electron chi connectivity index (χ0n) is 16.4. The highest BCUT2D eigenvalue weighted by atomic mass is 16.5. The third-order valence-electron chi connectivity index (χ3n) is 5.05. The molecule has 0 aliphatic carbocycles. The van der Waals surface area contributed by atoms with Crippen molar-refractivity contribution in [2.75, 3.05) is 51.8 Å². The molecule has 1 fully saturated rings. The highest BCUT2D eigenvalue weighted by Crippen LogP contribution is 2.24. The van der Waals surface area contributed by atoms with E-state index in [-0.39, 0.29) is 11.9 Å². The van der Waals surface area contributed by atoms with Gasteiger partial charge in [-0.3, -0.25) is 9.69 Å². The molecule has 1 N–H and O–H groups in total. The summed E-state index contributed by atoms with van der Waals surface area (Å²) in [6.07, 6.45) is 0. The Morgan fingerprint density at radius 1 is 1.07 bits per heavy atom. The lowest BCUT2D eigenvalue weighted by Crippen LogP contribution is -2.43. The summed E-state index contributed by atoms with van der Waals surface area (Å²) in [6, 6.07) is 16.4. The van der Waals surface area contributed by atoms with E-state index in [2.05, 4.69) is 39.4 Å². The predicted molar refractivity (Wildman–Crippen MR) is 109 cm³/mol. The minimum Gasteiger partial charge on any atom is -0.379 e. The van der Waals surface area contributed by atoms with Crippen LogP contribution in [0.2, 0.25) is 0 Å². The van der Waals surface area contributed by atoms with Gasteiger partial charge in [0.25, 0.3) is 5.91 Å². The summed E-state index contributed by atoms with van der Waals surface area (Å²) in [5, 5.41) is 3.12. The smallest absolute Gasteiger partial charge is 0.251 e. The first-order valence-corrected chi connectivity index (χ1v) is 9.48. The van der Waals surface area contributed by atoms with Gasteiger partial charge in [0.2, 0.25) is 0 Å². The molecule has 0 aromatic heterocycles. The number of amides is 1. The van der Waals surface area contributed by atoms with Crippen LogP contribution in [0.15, 0.2) is 48.5 Å². The first kappa shape index (κ1) is 19.4. The van der Waals surface area contributed by atoms with Crippen molar-refractivity contribution < 1.29 is 9.53 Å². The average Bonchev–Trinajstić information content (AvgIpc) is 2.69. The molecule has 1 heterocycles. The molecule has 1 aliphatic heterocycles. The Morgan fingerprint density at radius 3 is 2.30 bits per heavy atom. The zero-order valence-corrected chi connectivity index (χ0v) is 16.4. The van der Waals surface area contributed by atoms with Gasteiger partial charge in [0.05, 0.1) is 19.3 Å². The van der Waals surface area contributed by atoms with Gasteiger partial charge in [-0.1, -0.05) is 29.8 Å². The van der Waals surface area contributed by atoms with Crippen LogP contribution in [0.25, 0.3) is 0 Å². The van der Waals surface area contributed by atoms with Gasteiger partial charge >= 0.3 is 0 Å². The fourth-order valence-corrected chi connectivity index (χ4v) is 3.34. The molecule has 5 nitrogen and oxygen atoms in total. The molecule has 2 aromatic rings. The Hall–Kier alpha value is -2.37. The van der Waals surface area contributed by atoms with E-state index in [1.807, 2.05) is 45.3 Å². The Labute approximate surface area is 161 Å². The number of morpholine rings is 1.